The third-order valence-electron chi connectivity index (χ3n) is 3.25. The van der Waals surface area contributed by atoms with Gasteiger partial charge in [0.2, 0.25) is 0 Å². The van der Waals surface area contributed by atoms with E-state index in [9.17, 15) is 5.21 Å². The van der Waals surface area contributed by atoms with Gasteiger partial charge in [0, 0.05) is 18.9 Å². The molecule has 0 aromatic heterocycles. The highest BCUT2D eigenvalue weighted by molar-refractivity contribution is 4.75. The first-order valence-electron chi connectivity index (χ1n) is 4.49. The second-order valence-corrected chi connectivity index (χ2v) is 3.98. The van der Waals surface area contributed by atoms with E-state index >= 15 is 0 Å². The van der Waals surface area contributed by atoms with E-state index in [1.54, 1.807) is 0 Å². The molecule has 11 heavy (non-hydrogen) atoms. The summed E-state index contributed by atoms with van der Waals surface area (Å²) in [7, 11) is 2.17. The van der Waals surface area contributed by atoms with E-state index in [0.717, 1.165) is 32.2 Å². The van der Waals surface area contributed by atoms with Crippen LogP contribution in [0.4, 0.5) is 0 Å². The van der Waals surface area contributed by atoms with Crippen molar-refractivity contribution in [3.8, 4) is 0 Å². The summed E-state index contributed by atoms with van der Waals surface area (Å²) in [6.45, 7) is 3.91. The van der Waals surface area contributed by atoms with Gasteiger partial charge in [0.25, 0.3) is 0 Å². The Kier molecular flexibility index (Phi) is 1.67. The Balaban J connectivity index is 2.14. The SMILES string of the molecule is CN1CC[N+]2(O)CCC1CC2. The Bertz CT molecular complexity index is 152. The molecule has 0 amide bonds. The Morgan fingerprint density at radius 2 is 1.91 bits per heavy atom. The normalized spacial score (nSPS) is 45.8. The lowest BCUT2D eigenvalue weighted by Crippen LogP contribution is -2.49. The van der Waals surface area contributed by atoms with Crippen LogP contribution in [0.25, 0.3) is 0 Å². The molecule has 3 nitrogen and oxygen atoms in total. The molecular formula is C8H17N2O+. The fourth-order valence-corrected chi connectivity index (χ4v) is 2.23. The minimum Gasteiger partial charge on any atom is -0.297 e. The lowest BCUT2D eigenvalue weighted by molar-refractivity contribution is -1.10. The van der Waals surface area contributed by atoms with E-state index in [0.29, 0.717) is 4.65 Å². The Morgan fingerprint density at radius 1 is 1.27 bits per heavy atom. The number of hydrogen-bond donors (Lipinski definition) is 1. The average molecular weight is 157 g/mol. The number of fused-ring (bicyclic) bond motifs is 4. The zero-order chi connectivity index (χ0) is 7.90. The highest BCUT2D eigenvalue weighted by Gasteiger charge is 2.38. The predicted molar refractivity (Wildman–Crippen MR) is 42.3 cm³/mol. The molecule has 0 radical (unpaired) electrons. The van der Waals surface area contributed by atoms with Crippen molar-refractivity contribution in [3.05, 3.63) is 0 Å². The largest absolute Gasteiger partial charge is 0.297 e. The minimum absolute atomic E-state index is 0.334. The molecule has 0 unspecified atom stereocenters. The van der Waals surface area contributed by atoms with Crippen molar-refractivity contribution >= 4 is 0 Å². The zero-order valence-electron chi connectivity index (χ0n) is 7.16. The van der Waals surface area contributed by atoms with Gasteiger partial charge in [-0.2, -0.15) is 4.65 Å². The molecule has 1 N–H and O–H groups in total. The Morgan fingerprint density at radius 3 is 2.55 bits per heavy atom. The van der Waals surface area contributed by atoms with E-state index < -0.39 is 0 Å². The van der Waals surface area contributed by atoms with Gasteiger partial charge >= 0.3 is 0 Å². The van der Waals surface area contributed by atoms with Crippen molar-refractivity contribution in [3.63, 3.8) is 0 Å². The van der Waals surface area contributed by atoms with Crippen molar-refractivity contribution in [2.75, 3.05) is 33.2 Å². The van der Waals surface area contributed by atoms with E-state index in [-0.39, 0.29) is 0 Å². The summed E-state index contributed by atoms with van der Waals surface area (Å²) < 4.78 is 0.334. The van der Waals surface area contributed by atoms with Gasteiger partial charge in [0.1, 0.15) is 19.6 Å². The Labute approximate surface area is 67.8 Å². The fourth-order valence-electron chi connectivity index (χ4n) is 2.23. The molecular weight excluding hydrogens is 140 g/mol. The minimum atomic E-state index is 0.334. The van der Waals surface area contributed by atoms with Gasteiger partial charge in [-0.1, -0.05) is 0 Å². The Hall–Kier alpha value is -0.120. The summed E-state index contributed by atoms with van der Waals surface area (Å²) in [5.41, 5.74) is 0. The summed E-state index contributed by atoms with van der Waals surface area (Å²) in [5, 5.41) is 9.93. The molecule has 3 aliphatic heterocycles. The molecule has 0 atom stereocenters. The lowest BCUT2D eigenvalue weighted by Gasteiger charge is -2.32. The quantitative estimate of drug-likeness (QED) is 0.511. The highest BCUT2D eigenvalue weighted by atomic mass is 16.5. The molecule has 3 heteroatoms. The number of piperidine rings is 1. The summed E-state index contributed by atoms with van der Waals surface area (Å²) >= 11 is 0. The monoisotopic (exact) mass is 157 g/mol. The van der Waals surface area contributed by atoms with Gasteiger partial charge in [0.05, 0.1) is 6.54 Å². The van der Waals surface area contributed by atoms with Gasteiger partial charge in [-0.15, -0.1) is 0 Å². The molecule has 0 spiro atoms. The van der Waals surface area contributed by atoms with Crippen LogP contribution < -0.4 is 0 Å². The molecule has 64 valence electrons. The van der Waals surface area contributed by atoms with Crippen LogP contribution in [0, 0.1) is 0 Å². The van der Waals surface area contributed by atoms with Crippen LogP contribution in [0.5, 0.6) is 0 Å². The van der Waals surface area contributed by atoms with Crippen molar-refractivity contribution < 1.29 is 9.85 Å². The van der Waals surface area contributed by atoms with Crippen LogP contribution >= 0.6 is 0 Å². The number of rotatable bonds is 0. The van der Waals surface area contributed by atoms with E-state index in [2.05, 4.69) is 11.9 Å². The van der Waals surface area contributed by atoms with Gasteiger partial charge in [0.15, 0.2) is 0 Å². The van der Waals surface area contributed by atoms with Crippen molar-refractivity contribution in [1.82, 2.24) is 4.90 Å². The van der Waals surface area contributed by atoms with Gasteiger partial charge in [-0.3, -0.25) is 4.90 Å². The molecule has 3 heterocycles. The fraction of sp³-hybridized carbons (Fsp3) is 1.00. The van der Waals surface area contributed by atoms with Crippen LogP contribution in [-0.4, -0.2) is 54.0 Å². The topological polar surface area (TPSA) is 23.5 Å². The summed E-state index contributed by atoms with van der Waals surface area (Å²) in [6.07, 6.45) is 2.35. The van der Waals surface area contributed by atoms with E-state index in [1.807, 2.05) is 0 Å². The van der Waals surface area contributed by atoms with Crippen LogP contribution in [-0.2, 0) is 0 Å². The van der Waals surface area contributed by atoms with Gasteiger partial charge in [-0.05, 0) is 7.05 Å². The number of quaternary nitrogens is 1. The van der Waals surface area contributed by atoms with Crippen molar-refractivity contribution in [2.24, 2.45) is 0 Å². The third-order valence-corrected chi connectivity index (χ3v) is 3.25. The molecule has 2 bridgehead atoms. The molecule has 3 fully saturated rings. The molecule has 3 rings (SSSR count). The molecule has 0 saturated carbocycles. The van der Waals surface area contributed by atoms with Crippen molar-refractivity contribution in [2.45, 2.75) is 18.9 Å². The number of likely N-dealkylation sites (N-methyl/N-ethyl adjacent to an activating group) is 1. The van der Waals surface area contributed by atoms with Crippen molar-refractivity contribution in [1.29, 1.82) is 0 Å². The number of hydroxylamine groups is 3. The third kappa shape index (κ3) is 1.28. The lowest BCUT2D eigenvalue weighted by atomic mass is 10.1. The van der Waals surface area contributed by atoms with E-state index in [4.69, 9.17) is 0 Å². The second-order valence-electron chi connectivity index (χ2n) is 3.98. The van der Waals surface area contributed by atoms with E-state index in [1.165, 1.54) is 12.8 Å². The molecule has 3 aliphatic rings. The summed E-state index contributed by atoms with van der Waals surface area (Å²) in [4.78, 5) is 2.39. The summed E-state index contributed by atoms with van der Waals surface area (Å²) in [6, 6.07) is 0.746. The van der Waals surface area contributed by atoms with Crippen LogP contribution in [0.2, 0.25) is 0 Å². The smallest absolute Gasteiger partial charge is 0.121 e. The first-order chi connectivity index (χ1) is 5.20. The molecule has 3 saturated heterocycles. The van der Waals surface area contributed by atoms with Crippen LogP contribution in [0.15, 0.2) is 0 Å². The first-order valence-corrected chi connectivity index (χ1v) is 4.49. The molecule has 0 aliphatic carbocycles. The maximum Gasteiger partial charge on any atom is 0.121 e. The van der Waals surface area contributed by atoms with Gasteiger partial charge < -0.3 is 0 Å². The molecule has 0 aromatic carbocycles. The zero-order valence-corrected chi connectivity index (χ0v) is 7.16. The average Bonchev–Trinajstić information content (AvgIpc) is 2.21. The predicted octanol–water partition coefficient (Wildman–Crippen LogP) is 0.300. The van der Waals surface area contributed by atoms with Crippen LogP contribution in [0.3, 0.4) is 0 Å². The molecule has 0 aromatic rings. The number of hydrogen-bond acceptors (Lipinski definition) is 2. The van der Waals surface area contributed by atoms with Crippen LogP contribution in [0.1, 0.15) is 12.8 Å². The summed E-state index contributed by atoms with van der Waals surface area (Å²) in [5.74, 6) is 0. The number of nitrogens with zero attached hydrogens (tertiary/aromatic N) is 2. The maximum absolute atomic E-state index is 9.93. The standard InChI is InChI=1S/C8H17N2O/c1-9-4-7-10(11)5-2-8(9)3-6-10/h8,11H,2-7H2,1H3/q+1. The second kappa shape index (κ2) is 2.44. The highest BCUT2D eigenvalue weighted by Crippen LogP contribution is 2.23. The first kappa shape index (κ1) is 7.53. The van der Waals surface area contributed by atoms with Gasteiger partial charge in [-0.25, -0.2) is 5.21 Å². The maximum atomic E-state index is 9.93.